The zero-order chi connectivity index (χ0) is 24.4. The van der Waals surface area contributed by atoms with E-state index in [4.69, 9.17) is 0 Å². The van der Waals surface area contributed by atoms with Crippen LogP contribution in [0.2, 0.25) is 0 Å². The van der Waals surface area contributed by atoms with Gasteiger partial charge in [0.25, 0.3) is 5.91 Å². The number of hydrogen-bond donors (Lipinski definition) is 2. The highest BCUT2D eigenvalue weighted by atomic mass is 79.9. The number of aromatic amines is 1. The van der Waals surface area contributed by atoms with Gasteiger partial charge in [0.1, 0.15) is 6.17 Å². The fourth-order valence-electron chi connectivity index (χ4n) is 4.59. The van der Waals surface area contributed by atoms with Crippen LogP contribution in [0.5, 0.6) is 0 Å². The van der Waals surface area contributed by atoms with E-state index in [1.165, 1.54) is 16.7 Å². The maximum atomic E-state index is 13.3. The van der Waals surface area contributed by atoms with Crippen LogP contribution in [0.1, 0.15) is 38.8 Å². The summed E-state index contributed by atoms with van der Waals surface area (Å²) < 4.78 is 0.658. The number of imidazole rings is 1. The number of rotatable bonds is 6. The minimum Gasteiger partial charge on any atom is -0.332 e. The van der Waals surface area contributed by atoms with Crippen LogP contribution in [0.3, 0.4) is 0 Å². The van der Waals surface area contributed by atoms with Gasteiger partial charge in [-0.05, 0) is 59.1 Å². The number of halogens is 1. The number of aryl methyl sites for hydroxylation is 2. The molecule has 1 unspecified atom stereocenters. The molecule has 180 valence electrons. The second kappa shape index (κ2) is 10.3. The Morgan fingerprint density at radius 1 is 0.971 bits per heavy atom. The van der Waals surface area contributed by atoms with Gasteiger partial charge < -0.3 is 10.3 Å². The van der Waals surface area contributed by atoms with Crippen molar-refractivity contribution in [2.75, 3.05) is 26.2 Å². The highest BCUT2D eigenvalue weighted by molar-refractivity contribution is 9.10. The minimum atomic E-state index is -0.186. The van der Waals surface area contributed by atoms with Crippen molar-refractivity contribution in [1.82, 2.24) is 25.1 Å². The van der Waals surface area contributed by atoms with Crippen LogP contribution in [0, 0.1) is 13.8 Å². The molecule has 1 aliphatic heterocycles. The molecule has 1 aliphatic rings. The molecule has 5 rings (SSSR count). The van der Waals surface area contributed by atoms with Crippen molar-refractivity contribution in [3.63, 3.8) is 0 Å². The first-order chi connectivity index (χ1) is 16.9. The van der Waals surface area contributed by atoms with E-state index in [2.05, 4.69) is 103 Å². The first-order valence-electron chi connectivity index (χ1n) is 12.0. The highest BCUT2D eigenvalue weighted by Gasteiger charge is 2.27. The van der Waals surface area contributed by atoms with E-state index in [0.717, 1.165) is 49.3 Å². The topological polar surface area (TPSA) is 64.3 Å². The van der Waals surface area contributed by atoms with Gasteiger partial charge >= 0.3 is 0 Å². The number of carbonyl (C=O) groups excluding carboxylic acids is 1. The summed E-state index contributed by atoms with van der Waals surface area (Å²) >= 11 is 3.37. The van der Waals surface area contributed by atoms with Gasteiger partial charge in [0, 0.05) is 38.3 Å². The summed E-state index contributed by atoms with van der Waals surface area (Å²) in [5, 5.41) is 3.30. The Hall–Kier alpha value is -3.00. The number of carbonyl (C=O) groups is 1. The smallest absolute Gasteiger partial charge is 0.252 e. The molecule has 7 heteroatoms. The van der Waals surface area contributed by atoms with E-state index >= 15 is 0 Å². The zero-order valence-corrected chi connectivity index (χ0v) is 21.7. The lowest BCUT2D eigenvalue weighted by atomic mass is 10.1. The fraction of sp³-hybridized carbons (Fsp3) is 0.286. The Bertz CT molecular complexity index is 1310. The van der Waals surface area contributed by atoms with Crippen molar-refractivity contribution in [3.8, 4) is 0 Å². The normalized spacial score (nSPS) is 15.9. The van der Waals surface area contributed by atoms with Crippen molar-refractivity contribution >= 4 is 32.9 Å². The number of nitrogens with zero attached hydrogens (tertiary/aromatic N) is 3. The average molecular weight is 532 g/mol. The molecule has 1 atom stereocenters. The summed E-state index contributed by atoms with van der Waals surface area (Å²) in [5.41, 5.74) is 7.21. The summed E-state index contributed by atoms with van der Waals surface area (Å²) in [4.78, 5) is 25.7. The first-order valence-corrected chi connectivity index (χ1v) is 12.8. The first kappa shape index (κ1) is 23.7. The number of amides is 1. The lowest BCUT2D eigenvalue weighted by molar-refractivity contribution is 0.0646. The third-order valence-corrected chi connectivity index (χ3v) is 7.05. The van der Waals surface area contributed by atoms with Crippen LogP contribution < -0.4 is 5.32 Å². The summed E-state index contributed by atoms with van der Waals surface area (Å²) in [5.74, 6) is -0.0923. The monoisotopic (exact) mass is 531 g/mol. The molecule has 6 nitrogen and oxygen atoms in total. The largest absolute Gasteiger partial charge is 0.332 e. The number of aromatic nitrogens is 2. The van der Waals surface area contributed by atoms with Crippen LogP contribution in [0.25, 0.3) is 11.0 Å². The molecule has 3 aromatic carbocycles. The fourth-order valence-corrected chi connectivity index (χ4v) is 5.00. The van der Waals surface area contributed by atoms with Crippen LogP contribution in [0.4, 0.5) is 0 Å². The molecule has 1 fully saturated rings. The van der Waals surface area contributed by atoms with E-state index in [9.17, 15) is 4.79 Å². The standard InChI is InChI=1S/C28H30BrN5O/c1-19-3-7-21(8-4-19)18-33-13-15-34(16-14-33)26(22-9-5-20(2)6-10-22)32-27(35)23-11-12-24-25(17-23)31-28(29)30-24/h3-12,17,26H,13-16,18H2,1-2H3,(H,30,31)(H,32,35). The lowest BCUT2D eigenvalue weighted by Gasteiger charge is -2.39. The number of H-pyrrole nitrogens is 1. The van der Waals surface area contributed by atoms with E-state index in [0.29, 0.717) is 10.3 Å². The van der Waals surface area contributed by atoms with Crippen molar-refractivity contribution in [3.05, 3.63) is 99.3 Å². The van der Waals surface area contributed by atoms with E-state index in [1.54, 1.807) is 0 Å². The van der Waals surface area contributed by atoms with Gasteiger partial charge in [0.15, 0.2) is 4.73 Å². The quantitative estimate of drug-likeness (QED) is 0.359. The Morgan fingerprint density at radius 3 is 2.31 bits per heavy atom. The zero-order valence-electron chi connectivity index (χ0n) is 20.1. The Labute approximate surface area is 214 Å². The third kappa shape index (κ3) is 5.64. The molecule has 2 N–H and O–H groups in total. The van der Waals surface area contributed by atoms with E-state index < -0.39 is 0 Å². The summed E-state index contributed by atoms with van der Waals surface area (Å²) in [7, 11) is 0. The molecule has 1 aromatic heterocycles. The van der Waals surface area contributed by atoms with Crippen LogP contribution in [-0.4, -0.2) is 51.9 Å². The van der Waals surface area contributed by atoms with Crippen molar-refractivity contribution in [2.45, 2.75) is 26.6 Å². The van der Waals surface area contributed by atoms with Gasteiger partial charge in [0.05, 0.1) is 11.0 Å². The number of nitrogens with one attached hydrogen (secondary N) is 2. The molecule has 0 radical (unpaired) electrons. The van der Waals surface area contributed by atoms with Crippen LogP contribution in [-0.2, 0) is 6.54 Å². The molecule has 0 bridgehead atoms. The van der Waals surface area contributed by atoms with Gasteiger partial charge in [-0.25, -0.2) is 4.98 Å². The molecular formula is C28H30BrN5O. The highest BCUT2D eigenvalue weighted by Crippen LogP contribution is 2.23. The molecule has 4 aromatic rings. The second-order valence-corrected chi connectivity index (χ2v) is 10.1. The number of fused-ring (bicyclic) bond motifs is 1. The van der Waals surface area contributed by atoms with Gasteiger partial charge in [0.2, 0.25) is 0 Å². The van der Waals surface area contributed by atoms with Crippen molar-refractivity contribution in [1.29, 1.82) is 0 Å². The van der Waals surface area contributed by atoms with Gasteiger partial charge in [-0.2, -0.15) is 0 Å². The van der Waals surface area contributed by atoms with Crippen molar-refractivity contribution in [2.24, 2.45) is 0 Å². The molecular weight excluding hydrogens is 502 g/mol. The predicted octanol–water partition coefficient (Wildman–Crippen LogP) is 5.19. The molecule has 0 aliphatic carbocycles. The van der Waals surface area contributed by atoms with Gasteiger partial charge in [-0.15, -0.1) is 0 Å². The maximum absolute atomic E-state index is 13.3. The molecule has 0 spiro atoms. The number of piperazine rings is 1. The predicted molar refractivity (Wildman–Crippen MR) is 143 cm³/mol. The van der Waals surface area contributed by atoms with Crippen LogP contribution in [0.15, 0.2) is 71.5 Å². The second-order valence-electron chi connectivity index (χ2n) is 9.34. The molecule has 1 amide bonds. The van der Waals surface area contributed by atoms with Gasteiger partial charge in [-0.1, -0.05) is 59.7 Å². The van der Waals surface area contributed by atoms with E-state index in [1.807, 2.05) is 18.2 Å². The Balaban J connectivity index is 1.31. The van der Waals surface area contributed by atoms with Gasteiger partial charge in [-0.3, -0.25) is 14.6 Å². The molecule has 35 heavy (non-hydrogen) atoms. The lowest BCUT2D eigenvalue weighted by Crippen LogP contribution is -2.51. The number of hydrogen-bond acceptors (Lipinski definition) is 4. The summed E-state index contributed by atoms with van der Waals surface area (Å²) in [6.45, 7) is 8.84. The Kier molecular flexibility index (Phi) is 7.00. The van der Waals surface area contributed by atoms with Crippen molar-refractivity contribution < 1.29 is 4.79 Å². The molecule has 1 saturated heterocycles. The summed E-state index contributed by atoms with van der Waals surface area (Å²) in [6, 6.07) is 22.8. The summed E-state index contributed by atoms with van der Waals surface area (Å²) in [6.07, 6.45) is -0.186. The average Bonchev–Trinajstić information content (AvgIpc) is 3.24. The Morgan fingerprint density at radius 2 is 1.63 bits per heavy atom. The SMILES string of the molecule is Cc1ccc(CN2CCN(C(NC(=O)c3ccc4nc(Br)[nH]c4c3)c3ccc(C)cc3)CC2)cc1. The maximum Gasteiger partial charge on any atom is 0.252 e. The molecule has 2 heterocycles. The number of benzene rings is 3. The van der Waals surface area contributed by atoms with Crippen LogP contribution >= 0.6 is 15.9 Å². The third-order valence-electron chi connectivity index (χ3n) is 6.67. The minimum absolute atomic E-state index is 0.0923. The van der Waals surface area contributed by atoms with E-state index in [-0.39, 0.29) is 12.1 Å². The molecule has 0 saturated carbocycles.